The molecule has 0 fully saturated rings. The lowest BCUT2D eigenvalue weighted by molar-refractivity contribution is 0.601. The number of fused-ring (bicyclic) bond motifs is 3. The minimum Gasteiger partial charge on any atom is -0.369 e. The molecule has 0 amide bonds. The topological polar surface area (TPSA) is 93.1 Å². The first kappa shape index (κ1) is 14.7. The molecule has 8 heteroatoms. The number of anilines is 2. The normalized spacial score (nSPS) is 13.5. The van der Waals surface area contributed by atoms with Crippen LogP contribution in [0.3, 0.4) is 0 Å². The predicted octanol–water partition coefficient (Wildman–Crippen LogP) is 1.62. The third kappa shape index (κ3) is 2.41. The summed E-state index contributed by atoms with van der Waals surface area (Å²) in [5.41, 5.74) is 0.645. The lowest BCUT2D eigenvalue weighted by Gasteiger charge is -2.11. The van der Waals surface area contributed by atoms with E-state index in [4.69, 9.17) is 0 Å². The van der Waals surface area contributed by atoms with E-state index < -0.39 is 10.0 Å². The quantitative estimate of drug-likeness (QED) is 0.754. The highest BCUT2D eigenvalue weighted by molar-refractivity contribution is 7.92. The molecular formula is C16H14N4O3S. The zero-order valence-corrected chi connectivity index (χ0v) is 13.4. The summed E-state index contributed by atoms with van der Waals surface area (Å²) in [6.45, 7) is 1.20. The maximum absolute atomic E-state index is 12.4. The van der Waals surface area contributed by atoms with Gasteiger partial charge in [0.25, 0.3) is 10.0 Å². The fraction of sp³-hybridized carbons (Fsp3) is 0.125. The van der Waals surface area contributed by atoms with Crippen LogP contribution in [0.4, 0.5) is 11.5 Å². The van der Waals surface area contributed by atoms with Gasteiger partial charge in [-0.2, -0.15) is 4.98 Å². The molecule has 0 bridgehead atoms. The molecular weight excluding hydrogens is 328 g/mol. The molecule has 0 unspecified atom stereocenters. The van der Waals surface area contributed by atoms with Gasteiger partial charge in [-0.1, -0.05) is 18.2 Å². The van der Waals surface area contributed by atoms with Gasteiger partial charge < -0.3 is 5.32 Å². The van der Waals surface area contributed by atoms with Crippen LogP contribution in [0, 0.1) is 0 Å². The molecule has 0 atom stereocenters. The second-order valence-electron chi connectivity index (χ2n) is 5.47. The SMILES string of the molecule is O=c1nc2ccc(NS(=O)(=O)c3ccccc3)cc2c2n1CCN2. The van der Waals surface area contributed by atoms with E-state index in [0.717, 1.165) is 0 Å². The van der Waals surface area contributed by atoms with E-state index in [9.17, 15) is 13.2 Å². The van der Waals surface area contributed by atoms with E-state index in [1.807, 2.05) is 0 Å². The molecule has 122 valence electrons. The molecule has 0 aliphatic carbocycles. The number of nitrogens with one attached hydrogen (secondary N) is 2. The summed E-state index contributed by atoms with van der Waals surface area (Å²) in [5, 5.41) is 3.86. The lowest BCUT2D eigenvalue weighted by Crippen LogP contribution is -2.21. The predicted molar refractivity (Wildman–Crippen MR) is 91.7 cm³/mol. The Bertz CT molecular complexity index is 1090. The summed E-state index contributed by atoms with van der Waals surface area (Å²) in [7, 11) is -3.66. The maximum atomic E-state index is 12.4. The van der Waals surface area contributed by atoms with Crippen molar-refractivity contribution in [2.45, 2.75) is 11.4 Å². The van der Waals surface area contributed by atoms with Gasteiger partial charge in [-0.3, -0.25) is 9.29 Å². The second kappa shape index (κ2) is 5.34. The van der Waals surface area contributed by atoms with Crippen molar-refractivity contribution in [1.82, 2.24) is 9.55 Å². The summed E-state index contributed by atoms with van der Waals surface area (Å²) in [4.78, 5) is 16.1. The number of aromatic nitrogens is 2. The summed E-state index contributed by atoms with van der Waals surface area (Å²) in [6, 6.07) is 13.1. The van der Waals surface area contributed by atoms with Crippen molar-refractivity contribution in [1.29, 1.82) is 0 Å². The van der Waals surface area contributed by atoms with E-state index in [1.165, 1.54) is 12.1 Å². The number of rotatable bonds is 3. The molecule has 1 aliphatic heterocycles. The Kier molecular flexibility index (Phi) is 3.27. The first-order valence-electron chi connectivity index (χ1n) is 7.41. The van der Waals surface area contributed by atoms with Gasteiger partial charge in [0.2, 0.25) is 0 Å². The largest absolute Gasteiger partial charge is 0.369 e. The average Bonchev–Trinajstić information content (AvgIpc) is 3.07. The molecule has 7 nitrogen and oxygen atoms in total. The molecule has 4 rings (SSSR count). The smallest absolute Gasteiger partial charge is 0.349 e. The van der Waals surface area contributed by atoms with Crippen LogP contribution in [0.5, 0.6) is 0 Å². The molecule has 2 N–H and O–H groups in total. The standard InChI is InChI=1S/C16H14N4O3S/c21-16-18-14-7-6-11(10-13(14)15-17-8-9-20(15)16)19-24(22,23)12-4-2-1-3-5-12/h1-7,10,17,19H,8-9H2. The second-order valence-corrected chi connectivity index (χ2v) is 7.15. The lowest BCUT2D eigenvalue weighted by atomic mass is 10.2. The van der Waals surface area contributed by atoms with Crippen molar-refractivity contribution in [3.05, 3.63) is 59.0 Å². The highest BCUT2D eigenvalue weighted by Gasteiger charge is 2.18. The zero-order chi connectivity index (χ0) is 16.7. The molecule has 24 heavy (non-hydrogen) atoms. The number of benzene rings is 2. The molecule has 3 aromatic rings. The van der Waals surface area contributed by atoms with Crippen molar-refractivity contribution in [3.63, 3.8) is 0 Å². The number of hydrogen-bond donors (Lipinski definition) is 2. The van der Waals surface area contributed by atoms with Gasteiger partial charge in [0, 0.05) is 24.2 Å². The van der Waals surface area contributed by atoms with Crippen molar-refractivity contribution < 1.29 is 8.42 Å². The fourth-order valence-corrected chi connectivity index (χ4v) is 3.86. The fourth-order valence-electron chi connectivity index (χ4n) is 2.79. The van der Waals surface area contributed by atoms with E-state index in [-0.39, 0.29) is 10.6 Å². The highest BCUT2D eigenvalue weighted by atomic mass is 32.2. The Morgan fingerprint density at radius 2 is 1.92 bits per heavy atom. The summed E-state index contributed by atoms with van der Waals surface area (Å²) in [5.74, 6) is 0.672. The Balaban J connectivity index is 1.79. The van der Waals surface area contributed by atoms with Crippen molar-refractivity contribution in [2.75, 3.05) is 16.6 Å². The van der Waals surface area contributed by atoms with Gasteiger partial charge in [0.15, 0.2) is 0 Å². The summed E-state index contributed by atoms with van der Waals surface area (Å²) in [6.07, 6.45) is 0. The Morgan fingerprint density at radius 3 is 2.71 bits per heavy atom. The minimum absolute atomic E-state index is 0.191. The monoisotopic (exact) mass is 342 g/mol. The summed E-state index contributed by atoms with van der Waals surface area (Å²) < 4.78 is 29.0. The highest BCUT2D eigenvalue weighted by Crippen LogP contribution is 2.27. The van der Waals surface area contributed by atoms with E-state index in [1.54, 1.807) is 41.0 Å². The maximum Gasteiger partial charge on any atom is 0.349 e. The molecule has 0 saturated carbocycles. The Labute approximate surface area is 138 Å². The molecule has 0 saturated heterocycles. The minimum atomic E-state index is -3.66. The molecule has 1 aromatic heterocycles. The number of sulfonamides is 1. The molecule has 2 aromatic carbocycles. The van der Waals surface area contributed by atoms with Crippen molar-refractivity contribution in [2.24, 2.45) is 0 Å². The first-order valence-corrected chi connectivity index (χ1v) is 8.89. The van der Waals surface area contributed by atoms with Crippen LogP contribution >= 0.6 is 0 Å². The van der Waals surface area contributed by atoms with Gasteiger partial charge in [0.1, 0.15) is 5.82 Å². The van der Waals surface area contributed by atoms with Crippen LogP contribution in [0.25, 0.3) is 10.9 Å². The van der Waals surface area contributed by atoms with Crippen LogP contribution in [0.1, 0.15) is 0 Å². The van der Waals surface area contributed by atoms with Gasteiger partial charge in [-0.15, -0.1) is 0 Å². The Hall–Kier alpha value is -2.87. The van der Waals surface area contributed by atoms with Crippen LogP contribution in [-0.4, -0.2) is 24.5 Å². The van der Waals surface area contributed by atoms with E-state index >= 15 is 0 Å². The molecule has 0 spiro atoms. The molecule has 2 heterocycles. The van der Waals surface area contributed by atoms with E-state index in [2.05, 4.69) is 15.0 Å². The van der Waals surface area contributed by atoms with Gasteiger partial charge in [-0.05, 0) is 30.3 Å². The van der Waals surface area contributed by atoms with Crippen LogP contribution < -0.4 is 15.7 Å². The third-order valence-electron chi connectivity index (χ3n) is 3.90. The van der Waals surface area contributed by atoms with E-state index in [0.29, 0.717) is 35.5 Å². The average molecular weight is 342 g/mol. The first-order chi connectivity index (χ1) is 11.5. The van der Waals surface area contributed by atoms with Gasteiger partial charge >= 0.3 is 5.69 Å². The van der Waals surface area contributed by atoms with Crippen molar-refractivity contribution >= 4 is 32.4 Å². The molecule has 1 aliphatic rings. The third-order valence-corrected chi connectivity index (χ3v) is 5.30. The van der Waals surface area contributed by atoms with Crippen LogP contribution in [0.15, 0.2) is 58.2 Å². The van der Waals surface area contributed by atoms with Crippen LogP contribution in [-0.2, 0) is 16.6 Å². The van der Waals surface area contributed by atoms with Gasteiger partial charge in [-0.25, -0.2) is 13.2 Å². The number of nitrogens with zero attached hydrogens (tertiary/aromatic N) is 2. The van der Waals surface area contributed by atoms with Gasteiger partial charge in [0.05, 0.1) is 10.4 Å². The molecule has 0 radical (unpaired) electrons. The number of hydrogen-bond acceptors (Lipinski definition) is 5. The van der Waals surface area contributed by atoms with Crippen molar-refractivity contribution in [3.8, 4) is 0 Å². The van der Waals surface area contributed by atoms with Crippen LogP contribution in [0.2, 0.25) is 0 Å². The summed E-state index contributed by atoms with van der Waals surface area (Å²) >= 11 is 0. The Morgan fingerprint density at radius 1 is 1.12 bits per heavy atom. The zero-order valence-electron chi connectivity index (χ0n) is 12.6.